The zero-order valence-electron chi connectivity index (χ0n) is 29.1. The van der Waals surface area contributed by atoms with Gasteiger partial charge in [0.1, 0.15) is 5.60 Å². The Morgan fingerprint density at radius 1 is 0.773 bits per heavy atom. The molecular formula is C30H63NO9S2Si2. The molecule has 0 rings (SSSR count). The molecule has 0 saturated heterocycles. The van der Waals surface area contributed by atoms with Gasteiger partial charge >= 0.3 is 23.7 Å². The van der Waals surface area contributed by atoms with E-state index in [2.05, 4.69) is 12.2 Å². The highest BCUT2D eigenvalue weighted by molar-refractivity contribution is 8.22. The van der Waals surface area contributed by atoms with E-state index in [1.54, 1.807) is 11.8 Å². The number of hydrogen-bond donors (Lipinski definition) is 1. The van der Waals surface area contributed by atoms with E-state index in [0.29, 0.717) is 75.6 Å². The monoisotopic (exact) mass is 701 g/mol. The maximum atomic E-state index is 12.4. The molecule has 0 aliphatic rings. The number of carbonyl (C=O) groups is 1. The fraction of sp³-hybridized carbons (Fsp3) is 0.933. The summed E-state index contributed by atoms with van der Waals surface area (Å²) in [7, 11) is -5.31. The zero-order valence-corrected chi connectivity index (χ0v) is 32.7. The molecule has 0 radical (unpaired) electrons. The molecule has 10 nitrogen and oxygen atoms in total. The molecule has 0 aromatic carbocycles. The van der Waals surface area contributed by atoms with Crippen LogP contribution in [0.2, 0.25) is 12.1 Å². The van der Waals surface area contributed by atoms with Crippen LogP contribution < -0.4 is 5.32 Å². The average Bonchev–Trinajstić information content (AvgIpc) is 2.94. The van der Waals surface area contributed by atoms with Gasteiger partial charge in [0.25, 0.3) is 0 Å². The molecule has 1 N–H and O–H groups in total. The van der Waals surface area contributed by atoms with Gasteiger partial charge in [0.05, 0.1) is 6.61 Å². The van der Waals surface area contributed by atoms with Crippen molar-refractivity contribution in [3.05, 3.63) is 0 Å². The highest BCUT2D eigenvalue weighted by Gasteiger charge is 2.40. The van der Waals surface area contributed by atoms with Crippen molar-refractivity contribution in [2.24, 2.45) is 5.92 Å². The minimum atomic E-state index is -2.70. The van der Waals surface area contributed by atoms with Crippen LogP contribution in [0.25, 0.3) is 0 Å². The smallest absolute Gasteiger partial charge is 0.479 e. The molecule has 262 valence electrons. The Balaban J connectivity index is 4.23. The summed E-state index contributed by atoms with van der Waals surface area (Å²) in [5, 5.41) is 2.86. The van der Waals surface area contributed by atoms with Crippen LogP contribution in [-0.4, -0.2) is 92.2 Å². The normalized spacial score (nSPS) is 13.1. The van der Waals surface area contributed by atoms with Gasteiger partial charge in [-0.15, -0.1) is 0 Å². The van der Waals surface area contributed by atoms with Crippen molar-refractivity contribution >= 4 is 52.1 Å². The largest absolute Gasteiger partial charge is 0.500 e. The highest BCUT2D eigenvalue weighted by atomic mass is 32.2. The van der Waals surface area contributed by atoms with Crippen molar-refractivity contribution in [3.63, 3.8) is 0 Å². The second-order valence-electron chi connectivity index (χ2n) is 11.0. The Kier molecular flexibility index (Phi) is 25.6. The molecule has 0 spiro atoms. The summed E-state index contributed by atoms with van der Waals surface area (Å²) in [6.07, 6.45) is 4.87. The zero-order chi connectivity index (χ0) is 33.3. The quantitative estimate of drug-likeness (QED) is 0.0496. The third-order valence-corrected chi connectivity index (χ3v) is 14.3. The first-order valence-electron chi connectivity index (χ1n) is 16.6. The SMILES string of the molecule is CCO[Si](CCCNC(=O)OC(C)(C)CCCC(C)CCOC(=S)SCCC[Si](OCC)(OCC)OCC)(OCC)OCC. The third-order valence-electron chi connectivity index (χ3n) is 6.64. The van der Waals surface area contributed by atoms with Gasteiger partial charge in [0.15, 0.2) is 0 Å². The lowest BCUT2D eigenvalue weighted by atomic mass is 9.95. The van der Waals surface area contributed by atoms with Gasteiger partial charge in [0.2, 0.25) is 4.38 Å². The minimum Gasteiger partial charge on any atom is -0.479 e. The van der Waals surface area contributed by atoms with Crippen molar-refractivity contribution in [1.82, 2.24) is 5.32 Å². The number of thiocarbonyl (C=S) groups is 1. The highest BCUT2D eigenvalue weighted by Crippen LogP contribution is 2.23. The van der Waals surface area contributed by atoms with Crippen molar-refractivity contribution < 1.29 is 40.8 Å². The summed E-state index contributed by atoms with van der Waals surface area (Å²) < 4.78 is 47.5. The number of ether oxygens (including phenoxy) is 2. The first kappa shape index (κ1) is 43.7. The number of carbonyl (C=O) groups excluding carboxylic acids is 1. The average molecular weight is 702 g/mol. The van der Waals surface area contributed by atoms with E-state index in [-0.39, 0.29) is 0 Å². The number of alkyl carbamates (subject to hydrolysis) is 1. The first-order chi connectivity index (χ1) is 21.0. The summed E-state index contributed by atoms with van der Waals surface area (Å²) in [5.41, 5.74) is -0.550. The lowest BCUT2D eigenvalue weighted by Gasteiger charge is -2.28. The molecule has 1 unspecified atom stereocenters. The van der Waals surface area contributed by atoms with E-state index < -0.39 is 29.3 Å². The lowest BCUT2D eigenvalue weighted by molar-refractivity contribution is 0.0299. The molecule has 0 aliphatic heterocycles. The van der Waals surface area contributed by atoms with Crippen LogP contribution in [0.3, 0.4) is 0 Å². The molecule has 0 heterocycles. The molecule has 1 amide bonds. The second-order valence-corrected chi connectivity index (χ2v) is 18.1. The Hall–Kier alpha value is -0.296. The standard InChI is InChI=1S/C30H63NO9S2Si2/c1-10-34-43(35-11-2,36-12-3)25-17-22-31-28(32)40-30(8,9)21-16-19-27(7)20-23-33-29(41)42-24-18-26-44(37-13-4,38-14-5)39-15-6/h27H,10-26H2,1-9H3,(H,31,32). The Labute approximate surface area is 280 Å². The molecule has 0 saturated carbocycles. The third kappa shape index (κ3) is 20.8. The predicted octanol–water partition coefficient (Wildman–Crippen LogP) is 7.60. The molecule has 44 heavy (non-hydrogen) atoms. The topological polar surface area (TPSA) is 103 Å². The van der Waals surface area contributed by atoms with Crippen LogP contribution in [0.5, 0.6) is 0 Å². The number of amides is 1. The Morgan fingerprint density at radius 2 is 1.25 bits per heavy atom. The van der Waals surface area contributed by atoms with Gasteiger partial charge in [-0.2, -0.15) is 0 Å². The van der Waals surface area contributed by atoms with Crippen LogP contribution in [0, 0.1) is 5.92 Å². The van der Waals surface area contributed by atoms with Crippen molar-refractivity contribution in [3.8, 4) is 0 Å². The van der Waals surface area contributed by atoms with E-state index in [0.717, 1.165) is 43.9 Å². The van der Waals surface area contributed by atoms with Gasteiger partial charge < -0.3 is 41.3 Å². The van der Waals surface area contributed by atoms with Gasteiger partial charge in [-0.3, -0.25) is 0 Å². The molecule has 0 aromatic rings. The fourth-order valence-corrected chi connectivity index (χ4v) is 11.1. The summed E-state index contributed by atoms with van der Waals surface area (Å²) in [5.74, 6) is 1.32. The molecule has 0 aromatic heterocycles. The van der Waals surface area contributed by atoms with Crippen LogP contribution in [-0.2, 0) is 36.0 Å². The number of hydrogen-bond acceptors (Lipinski definition) is 11. The Bertz CT molecular complexity index is 719. The van der Waals surface area contributed by atoms with Crippen molar-refractivity contribution in [2.75, 3.05) is 58.5 Å². The van der Waals surface area contributed by atoms with E-state index in [1.807, 2.05) is 55.4 Å². The van der Waals surface area contributed by atoms with E-state index in [9.17, 15) is 4.79 Å². The first-order valence-corrected chi connectivity index (χ1v) is 21.8. The van der Waals surface area contributed by atoms with Crippen LogP contribution in [0.15, 0.2) is 0 Å². The Morgan fingerprint density at radius 3 is 1.73 bits per heavy atom. The molecular weight excluding hydrogens is 639 g/mol. The van der Waals surface area contributed by atoms with Crippen molar-refractivity contribution in [2.45, 2.75) is 119 Å². The predicted molar refractivity (Wildman–Crippen MR) is 187 cm³/mol. The van der Waals surface area contributed by atoms with Gasteiger partial charge in [-0.05, 0) is 106 Å². The molecule has 14 heteroatoms. The summed E-state index contributed by atoms with van der Waals surface area (Å²) in [4.78, 5) is 12.4. The summed E-state index contributed by atoms with van der Waals surface area (Å²) in [6, 6.07) is 1.42. The second kappa shape index (κ2) is 25.8. The van der Waals surface area contributed by atoms with Crippen LogP contribution >= 0.6 is 24.0 Å². The lowest BCUT2D eigenvalue weighted by Crippen LogP contribution is -2.46. The van der Waals surface area contributed by atoms with Gasteiger partial charge in [0, 0.05) is 64.0 Å². The number of thioether (sulfide) groups is 1. The minimum absolute atomic E-state index is 0.402. The van der Waals surface area contributed by atoms with Gasteiger partial charge in [-0.1, -0.05) is 25.1 Å². The maximum Gasteiger partial charge on any atom is 0.500 e. The van der Waals surface area contributed by atoms with Crippen LogP contribution in [0.1, 0.15) is 101 Å². The summed E-state index contributed by atoms with van der Waals surface area (Å²) >= 11 is 6.98. The van der Waals surface area contributed by atoms with E-state index in [1.165, 1.54) is 0 Å². The molecule has 1 atom stereocenters. The van der Waals surface area contributed by atoms with Crippen molar-refractivity contribution in [1.29, 1.82) is 0 Å². The van der Waals surface area contributed by atoms with E-state index >= 15 is 0 Å². The molecule has 0 fully saturated rings. The maximum absolute atomic E-state index is 12.4. The fourth-order valence-electron chi connectivity index (χ4n) is 4.69. The van der Waals surface area contributed by atoms with E-state index in [4.69, 9.17) is 48.2 Å². The number of nitrogens with one attached hydrogen (secondary N) is 1. The molecule has 0 aliphatic carbocycles. The summed E-state index contributed by atoms with van der Waals surface area (Å²) in [6.45, 7) is 22.3. The molecule has 0 bridgehead atoms. The number of rotatable bonds is 28. The van der Waals surface area contributed by atoms with Gasteiger partial charge in [-0.25, -0.2) is 4.79 Å². The van der Waals surface area contributed by atoms with Crippen LogP contribution in [0.4, 0.5) is 4.79 Å².